The molecule has 1 aliphatic heterocycles. The monoisotopic (exact) mass is 329 g/mol. The Balaban J connectivity index is 1.97. The number of fused-ring (bicyclic) bond motifs is 1. The first-order chi connectivity index (χ1) is 11.5. The number of likely N-dealkylation sites (N-methyl/N-ethyl adjacent to an activating group) is 1. The van der Waals surface area contributed by atoms with Crippen molar-refractivity contribution in [2.24, 2.45) is 11.8 Å². The molecule has 2 bridgehead atoms. The fourth-order valence-corrected chi connectivity index (χ4v) is 5.71. The third-order valence-electron chi connectivity index (χ3n) is 6.67. The number of methoxy groups -OCH3 is 2. The normalized spacial score (nSPS) is 34.8. The van der Waals surface area contributed by atoms with E-state index in [0.29, 0.717) is 29.4 Å². The van der Waals surface area contributed by atoms with E-state index >= 15 is 0 Å². The number of aromatic hydroxyl groups is 1. The Bertz CT molecular complexity index is 698. The van der Waals surface area contributed by atoms with Crippen molar-refractivity contribution in [2.75, 3.05) is 27.8 Å². The summed E-state index contributed by atoms with van der Waals surface area (Å²) in [7, 11) is 5.63. The summed E-state index contributed by atoms with van der Waals surface area (Å²) in [5, 5.41) is 11.0. The largest absolute Gasteiger partial charge is 0.504 e. The number of piperidine rings is 1. The van der Waals surface area contributed by atoms with Crippen LogP contribution in [-0.4, -0.2) is 43.9 Å². The zero-order chi connectivity index (χ0) is 17.1. The van der Waals surface area contributed by atoms with E-state index in [2.05, 4.69) is 31.0 Å². The third-order valence-corrected chi connectivity index (χ3v) is 6.67. The summed E-state index contributed by atoms with van der Waals surface area (Å²) in [6, 6.07) is 4.57. The Morgan fingerprint density at radius 3 is 2.75 bits per heavy atom. The summed E-state index contributed by atoms with van der Waals surface area (Å²) >= 11 is 0. The number of nitrogens with zero attached hydrogens (tertiary/aromatic N) is 1. The quantitative estimate of drug-likeness (QED) is 0.905. The van der Waals surface area contributed by atoms with Crippen molar-refractivity contribution in [2.45, 2.75) is 37.6 Å². The van der Waals surface area contributed by atoms with Gasteiger partial charge in [0.25, 0.3) is 0 Å². The van der Waals surface area contributed by atoms with E-state index in [0.717, 1.165) is 37.1 Å². The van der Waals surface area contributed by atoms with Gasteiger partial charge in [-0.25, -0.2) is 0 Å². The third kappa shape index (κ3) is 1.95. The van der Waals surface area contributed by atoms with Crippen molar-refractivity contribution in [1.82, 2.24) is 4.90 Å². The molecule has 0 spiro atoms. The summed E-state index contributed by atoms with van der Waals surface area (Å²) in [5.74, 6) is 2.91. The number of likely N-dealkylation sites (tertiary alicyclic amines) is 1. The van der Waals surface area contributed by atoms with Gasteiger partial charge in [-0.2, -0.15) is 0 Å². The van der Waals surface area contributed by atoms with Gasteiger partial charge in [-0.05, 0) is 56.0 Å². The number of allylic oxidation sites excluding steroid dienone is 2. The molecule has 1 saturated heterocycles. The molecule has 24 heavy (non-hydrogen) atoms. The lowest BCUT2D eigenvalue weighted by molar-refractivity contribution is -0.00735. The molecule has 2 aliphatic carbocycles. The second-order valence-corrected chi connectivity index (χ2v) is 7.71. The lowest BCUT2D eigenvalue weighted by atomic mass is 9.51. The molecule has 1 aromatic rings. The molecule has 4 rings (SSSR count). The summed E-state index contributed by atoms with van der Waals surface area (Å²) in [6.45, 7) is 3.35. The van der Waals surface area contributed by atoms with Gasteiger partial charge in [-0.3, -0.25) is 0 Å². The Labute approximate surface area is 144 Å². The highest BCUT2D eigenvalue weighted by Gasteiger charge is 2.57. The maximum absolute atomic E-state index is 11.0. The molecule has 0 radical (unpaired) electrons. The van der Waals surface area contributed by atoms with Crippen LogP contribution in [0.15, 0.2) is 24.0 Å². The van der Waals surface area contributed by atoms with Crippen LogP contribution >= 0.6 is 0 Å². The number of rotatable bonds is 2. The topological polar surface area (TPSA) is 41.9 Å². The molecule has 4 atom stereocenters. The van der Waals surface area contributed by atoms with E-state index in [-0.39, 0.29) is 5.41 Å². The Hall–Kier alpha value is -1.68. The number of phenolic OH excluding ortho intramolecular Hbond substituents is 1. The standard InChI is InChI=1S/C20H27NO3/c1-12-9-14(23-3)11-20-7-8-21(2)15(17(12)20)10-13-5-6-16(24-4)19(22)18(13)20/h5-6,9,12,15,17,22H,7-8,10-11H2,1-4H3/t12?,15?,17?,20-/m1/s1. The number of hydrogen-bond acceptors (Lipinski definition) is 4. The molecule has 4 heteroatoms. The molecule has 1 fully saturated rings. The van der Waals surface area contributed by atoms with E-state index in [1.165, 1.54) is 5.56 Å². The maximum Gasteiger partial charge on any atom is 0.161 e. The molecule has 0 aromatic heterocycles. The molecule has 3 unspecified atom stereocenters. The van der Waals surface area contributed by atoms with Gasteiger partial charge in [0.05, 0.1) is 20.0 Å². The lowest BCUT2D eigenvalue weighted by Crippen LogP contribution is -2.61. The highest BCUT2D eigenvalue weighted by Crippen LogP contribution is 2.60. The van der Waals surface area contributed by atoms with Gasteiger partial charge in [0, 0.05) is 23.4 Å². The van der Waals surface area contributed by atoms with Crippen molar-refractivity contribution >= 4 is 0 Å². The predicted octanol–water partition coefficient (Wildman–Crippen LogP) is 3.09. The Morgan fingerprint density at radius 2 is 2.04 bits per heavy atom. The van der Waals surface area contributed by atoms with Gasteiger partial charge >= 0.3 is 0 Å². The first-order valence-corrected chi connectivity index (χ1v) is 8.86. The van der Waals surface area contributed by atoms with Crippen molar-refractivity contribution < 1.29 is 14.6 Å². The minimum atomic E-state index is -0.0527. The van der Waals surface area contributed by atoms with Crippen LogP contribution in [0.25, 0.3) is 0 Å². The second-order valence-electron chi connectivity index (χ2n) is 7.71. The Kier molecular flexibility index (Phi) is 3.57. The number of phenols is 1. The zero-order valence-corrected chi connectivity index (χ0v) is 15.0. The molecular formula is C20H27NO3. The molecule has 1 aromatic carbocycles. The summed E-state index contributed by atoms with van der Waals surface area (Å²) in [6.07, 6.45) is 5.20. The van der Waals surface area contributed by atoms with Crippen LogP contribution in [0.1, 0.15) is 30.9 Å². The van der Waals surface area contributed by atoms with E-state index in [1.54, 1.807) is 14.2 Å². The van der Waals surface area contributed by atoms with E-state index in [9.17, 15) is 5.11 Å². The van der Waals surface area contributed by atoms with Gasteiger partial charge in [-0.1, -0.05) is 13.0 Å². The minimum absolute atomic E-state index is 0.0527. The van der Waals surface area contributed by atoms with Crippen molar-refractivity contribution in [3.63, 3.8) is 0 Å². The smallest absolute Gasteiger partial charge is 0.161 e. The molecule has 0 amide bonds. The average molecular weight is 329 g/mol. The first kappa shape index (κ1) is 15.8. The minimum Gasteiger partial charge on any atom is -0.504 e. The van der Waals surface area contributed by atoms with Crippen molar-refractivity contribution in [3.05, 3.63) is 35.1 Å². The summed E-state index contributed by atoms with van der Waals surface area (Å²) in [5.41, 5.74) is 2.33. The van der Waals surface area contributed by atoms with Gasteiger partial charge in [0.2, 0.25) is 0 Å². The lowest BCUT2D eigenvalue weighted by Gasteiger charge is -2.59. The number of ether oxygens (including phenoxy) is 2. The highest BCUT2D eigenvalue weighted by molar-refractivity contribution is 5.57. The van der Waals surface area contributed by atoms with Crippen LogP contribution in [0.5, 0.6) is 11.5 Å². The van der Waals surface area contributed by atoms with Crippen LogP contribution in [0.4, 0.5) is 0 Å². The maximum atomic E-state index is 11.0. The summed E-state index contributed by atoms with van der Waals surface area (Å²) in [4.78, 5) is 2.51. The molecule has 4 nitrogen and oxygen atoms in total. The van der Waals surface area contributed by atoms with Gasteiger partial charge in [0.15, 0.2) is 11.5 Å². The molecule has 3 aliphatic rings. The Morgan fingerprint density at radius 1 is 1.25 bits per heavy atom. The van der Waals surface area contributed by atoms with E-state index in [4.69, 9.17) is 9.47 Å². The second kappa shape index (κ2) is 5.41. The molecule has 0 saturated carbocycles. The van der Waals surface area contributed by atoms with Crippen LogP contribution in [0.3, 0.4) is 0 Å². The van der Waals surface area contributed by atoms with Crippen molar-refractivity contribution in [1.29, 1.82) is 0 Å². The average Bonchev–Trinajstić information content (AvgIpc) is 2.57. The van der Waals surface area contributed by atoms with E-state index in [1.807, 2.05) is 6.07 Å². The van der Waals surface area contributed by atoms with Gasteiger partial charge < -0.3 is 19.5 Å². The molecule has 1 heterocycles. The highest BCUT2D eigenvalue weighted by atomic mass is 16.5. The fraction of sp³-hybridized carbons (Fsp3) is 0.600. The fourth-order valence-electron chi connectivity index (χ4n) is 5.71. The number of benzene rings is 1. The van der Waals surface area contributed by atoms with Gasteiger partial charge in [0.1, 0.15) is 0 Å². The summed E-state index contributed by atoms with van der Waals surface area (Å²) < 4.78 is 11.1. The van der Waals surface area contributed by atoms with E-state index < -0.39 is 0 Å². The van der Waals surface area contributed by atoms with Crippen LogP contribution in [0, 0.1) is 11.8 Å². The zero-order valence-electron chi connectivity index (χ0n) is 15.0. The first-order valence-electron chi connectivity index (χ1n) is 8.86. The predicted molar refractivity (Wildman–Crippen MR) is 93.4 cm³/mol. The van der Waals surface area contributed by atoms with Gasteiger partial charge in [-0.15, -0.1) is 0 Å². The number of hydrogen-bond donors (Lipinski definition) is 1. The molecular weight excluding hydrogens is 302 g/mol. The van der Waals surface area contributed by atoms with Crippen molar-refractivity contribution in [3.8, 4) is 11.5 Å². The van der Waals surface area contributed by atoms with Crippen LogP contribution in [-0.2, 0) is 16.6 Å². The molecule has 1 N–H and O–H groups in total. The molecule has 130 valence electrons. The van der Waals surface area contributed by atoms with Crippen LogP contribution < -0.4 is 4.74 Å². The van der Waals surface area contributed by atoms with Crippen LogP contribution in [0.2, 0.25) is 0 Å². The SMILES string of the molecule is COC1=CC(C)C2C3Cc4ccc(OC)c(O)c4[C@]2(CCN3C)C1.